The number of rotatable bonds is 5. The Balaban J connectivity index is 1.75. The largest absolute Gasteiger partial charge is 0.467 e. The van der Waals surface area contributed by atoms with Gasteiger partial charge in [0.15, 0.2) is 0 Å². The lowest BCUT2D eigenvalue weighted by Crippen LogP contribution is -2.26. The Morgan fingerprint density at radius 3 is 2.65 bits per heavy atom. The average molecular weight is 314 g/mol. The molecule has 2 aromatic rings. The van der Waals surface area contributed by atoms with Gasteiger partial charge in [0.25, 0.3) is 0 Å². The lowest BCUT2D eigenvalue weighted by atomic mass is 10.2. The number of methoxy groups -OCH3 is 1. The van der Waals surface area contributed by atoms with Crippen LogP contribution in [-0.2, 0) is 6.54 Å². The van der Waals surface area contributed by atoms with E-state index in [2.05, 4.69) is 30.2 Å². The fraction of sp³-hybridized carbons (Fsp3) is 0.500. The number of hydrogen-bond donors (Lipinski definition) is 1. The van der Waals surface area contributed by atoms with Crippen molar-refractivity contribution in [1.29, 1.82) is 0 Å². The summed E-state index contributed by atoms with van der Waals surface area (Å²) in [5.41, 5.74) is 1.07. The Kier molecular flexibility index (Phi) is 5.18. The molecule has 1 N–H and O–H groups in total. The zero-order valence-electron chi connectivity index (χ0n) is 13.4. The van der Waals surface area contributed by atoms with Gasteiger partial charge in [-0.05, 0) is 24.5 Å². The van der Waals surface area contributed by atoms with Crippen LogP contribution >= 0.6 is 0 Å². The van der Waals surface area contributed by atoms with E-state index in [0.717, 1.165) is 18.7 Å². The van der Waals surface area contributed by atoms with Crippen molar-refractivity contribution in [2.75, 3.05) is 30.4 Å². The van der Waals surface area contributed by atoms with Crippen LogP contribution in [0.1, 0.15) is 31.2 Å². The molecule has 1 aliphatic rings. The van der Waals surface area contributed by atoms with Crippen LogP contribution < -0.4 is 15.0 Å². The molecule has 0 saturated carbocycles. The topological polar surface area (TPSA) is 76.1 Å². The predicted molar refractivity (Wildman–Crippen MR) is 88.6 cm³/mol. The van der Waals surface area contributed by atoms with Crippen molar-refractivity contribution in [2.24, 2.45) is 0 Å². The molecule has 1 fully saturated rings. The van der Waals surface area contributed by atoms with E-state index in [1.165, 1.54) is 25.7 Å². The molecule has 7 heteroatoms. The average Bonchev–Trinajstić information content (AvgIpc) is 2.90. The van der Waals surface area contributed by atoms with Gasteiger partial charge in [0.2, 0.25) is 11.9 Å². The van der Waals surface area contributed by atoms with Gasteiger partial charge in [0.1, 0.15) is 0 Å². The molecule has 7 nitrogen and oxygen atoms in total. The Bertz CT molecular complexity index is 613. The first kappa shape index (κ1) is 15.5. The van der Waals surface area contributed by atoms with Crippen LogP contribution in [0.15, 0.2) is 24.5 Å². The van der Waals surface area contributed by atoms with Crippen molar-refractivity contribution in [2.45, 2.75) is 32.2 Å². The number of aromatic nitrogens is 4. The molecule has 0 aliphatic carbocycles. The molecule has 0 bridgehead atoms. The summed E-state index contributed by atoms with van der Waals surface area (Å²) in [5, 5.41) is 3.22. The van der Waals surface area contributed by atoms with E-state index in [4.69, 9.17) is 4.74 Å². The summed E-state index contributed by atoms with van der Waals surface area (Å²) < 4.78 is 5.23. The lowest BCUT2D eigenvalue weighted by molar-refractivity contribution is 0.378. The third-order valence-corrected chi connectivity index (χ3v) is 3.85. The Labute approximate surface area is 136 Å². The third-order valence-electron chi connectivity index (χ3n) is 3.85. The van der Waals surface area contributed by atoms with Crippen molar-refractivity contribution >= 4 is 11.9 Å². The van der Waals surface area contributed by atoms with Crippen LogP contribution in [-0.4, -0.2) is 40.1 Å². The van der Waals surface area contributed by atoms with Crippen LogP contribution in [0.25, 0.3) is 0 Å². The fourth-order valence-electron chi connectivity index (χ4n) is 2.61. The maximum Gasteiger partial charge on any atom is 0.322 e. The first-order valence-corrected chi connectivity index (χ1v) is 8.03. The zero-order valence-corrected chi connectivity index (χ0v) is 13.4. The molecule has 1 aliphatic heterocycles. The van der Waals surface area contributed by atoms with Gasteiger partial charge in [-0.25, -0.2) is 0 Å². The summed E-state index contributed by atoms with van der Waals surface area (Å²) in [7, 11) is 1.58. The van der Waals surface area contributed by atoms with Gasteiger partial charge >= 0.3 is 6.01 Å². The molecule has 0 radical (unpaired) electrons. The second-order valence-electron chi connectivity index (χ2n) is 5.56. The summed E-state index contributed by atoms with van der Waals surface area (Å²) in [4.78, 5) is 19.6. The van der Waals surface area contributed by atoms with Gasteiger partial charge in [-0.15, -0.1) is 0 Å². The molecular formula is C16H22N6O. The lowest BCUT2D eigenvalue weighted by Gasteiger charge is -2.20. The second-order valence-corrected chi connectivity index (χ2v) is 5.56. The molecule has 0 amide bonds. The summed E-state index contributed by atoms with van der Waals surface area (Å²) >= 11 is 0. The minimum atomic E-state index is 0.341. The maximum atomic E-state index is 5.23. The van der Waals surface area contributed by atoms with Gasteiger partial charge in [0, 0.05) is 32.0 Å². The van der Waals surface area contributed by atoms with E-state index in [-0.39, 0.29) is 0 Å². The molecule has 23 heavy (non-hydrogen) atoms. The van der Waals surface area contributed by atoms with Crippen molar-refractivity contribution < 1.29 is 4.74 Å². The third kappa shape index (κ3) is 4.28. The number of ether oxygens (including phenoxy) is 1. The van der Waals surface area contributed by atoms with Gasteiger partial charge < -0.3 is 15.0 Å². The van der Waals surface area contributed by atoms with Crippen molar-refractivity contribution in [3.05, 3.63) is 30.1 Å². The van der Waals surface area contributed by atoms with Gasteiger partial charge in [0.05, 0.1) is 7.11 Å². The maximum absolute atomic E-state index is 5.23. The second kappa shape index (κ2) is 7.71. The SMILES string of the molecule is COc1nc(NCc2cccnc2)nc(N2CCCCCC2)n1. The van der Waals surface area contributed by atoms with Crippen LogP contribution in [0.2, 0.25) is 0 Å². The summed E-state index contributed by atoms with van der Waals surface area (Å²) in [6.07, 6.45) is 8.46. The van der Waals surface area contributed by atoms with Gasteiger partial charge in [-0.3, -0.25) is 4.98 Å². The molecule has 3 rings (SSSR count). The van der Waals surface area contributed by atoms with Crippen LogP contribution in [0.4, 0.5) is 11.9 Å². The smallest absolute Gasteiger partial charge is 0.322 e. The van der Waals surface area contributed by atoms with Gasteiger partial charge in [-0.1, -0.05) is 18.9 Å². The molecule has 2 aromatic heterocycles. The molecule has 0 atom stereocenters. The minimum Gasteiger partial charge on any atom is -0.467 e. The number of anilines is 2. The number of hydrogen-bond acceptors (Lipinski definition) is 7. The highest BCUT2D eigenvalue weighted by molar-refractivity contribution is 5.39. The normalized spacial score (nSPS) is 15.1. The van der Waals surface area contributed by atoms with E-state index in [0.29, 0.717) is 24.5 Å². The highest BCUT2D eigenvalue weighted by atomic mass is 16.5. The van der Waals surface area contributed by atoms with E-state index in [9.17, 15) is 0 Å². The molecule has 3 heterocycles. The first-order chi connectivity index (χ1) is 11.3. The predicted octanol–water partition coefficient (Wildman–Crippen LogP) is 2.27. The van der Waals surface area contributed by atoms with Crippen molar-refractivity contribution in [1.82, 2.24) is 19.9 Å². The summed E-state index contributed by atoms with van der Waals surface area (Å²) in [6.45, 7) is 2.57. The standard InChI is InChI=1S/C16H22N6O/c1-23-16-20-14(18-12-13-7-6-8-17-11-13)19-15(21-16)22-9-4-2-3-5-10-22/h6-8,11H,2-5,9-10,12H2,1H3,(H,18,19,20,21). The van der Waals surface area contributed by atoms with E-state index in [1.54, 1.807) is 13.3 Å². The fourth-order valence-corrected chi connectivity index (χ4v) is 2.61. The monoisotopic (exact) mass is 314 g/mol. The Morgan fingerprint density at radius 1 is 1.13 bits per heavy atom. The minimum absolute atomic E-state index is 0.341. The molecule has 0 aromatic carbocycles. The molecule has 0 spiro atoms. The first-order valence-electron chi connectivity index (χ1n) is 8.03. The van der Waals surface area contributed by atoms with Crippen LogP contribution in [0.3, 0.4) is 0 Å². The molecule has 122 valence electrons. The molecular weight excluding hydrogens is 292 g/mol. The number of pyridine rings is 1. The number of nitrogens with one attached hydrogen (secondary N) is 1. The summed E-state index contributed by atoms with van der Waals surface area (Å²) in [6, 6.07) is 4.26. The van der Waals surface area contributed by atoms with Gasteiger partial charge in [-0.2, -0.15) is 15.0 Å². The van der Waals surface area contributed by atoms with Crippen LogP contribution in [0, 0.1) is 0 Å². The molecule has 1 saturated heterocycles. The van der Waals surface area contributed by atoms with Crippen LogP contribution in [0.5, 0.6) is 6.01 Å². The Hall–Kier alpha value is -2.44. The van der Waals surface area contributed by atoms with E-state index < -0.39 is 0 Å². The zero-order chi connectivity index (χ0) is 15.9. The highest BCUT2D eigenvalue weighted by Gasteiger charge is 2.15. The summed E-state index contributed by atoms with van der Waals surface area (Å²) in [5.74, 6) is 1.22. The van der Waals surface area contributed by atoms with E-state index >= 15 is 0 Å². The van der Waals surface area contributed by atoms with Crippen molar-refractivity contribution in [3.63, 3.8) is 0 Å². The molecule has 0 unspecified atom stereocenters. The number of nitrogens with zero attached hydrogens (tertiary/aromatic N) is 5. The Morgan fingerprint density at radius 2 is 1.96 bits per heavy atom. The highest BCUT2D eigenvalue weighted by Crippen LogP contribution is 2.19. The quantitative estimate of drug-likeness (QED) is 0.907. The van der Waals surface area contributed by atoms with E-state index in [1.807, 2.05) is 18.3 Å². The van der Waals surface area contributed by atoms with Crippen molar-refractivity contribution in [3.8, 4) is 6.01 Å².